The minimum absolute atomic E-state index is 0.175. The molecule has 0 amide bonds. The Bertz CT molecular complexity index is 685. The van der Waals surface area contributed by atoms with E-state index in [1.165, 1.54) is 24.3 Å². The quantitative estimate of drug-likeness (QED) is 0.340. The molecule has 0 aliphatic carbocycles. The number of benzene rings is 2. The molecular formula is C13H4BrF5O. The predicted octanol–water partition coefficient (Wildman–Crippen LogP) is 4.38. The van der Waals surface area contributed by atoms with Crippen molar-refractivity contribution >= 4 is 21.7 Å². The van der Waals surface area contributed by atoms with E-state index in [-0.39, 0.29) is 10.0 Å². The molecule has 0 saturated carbocycles. The van der Waals surface area contributed by atoms with Crippen molar-refractivity contribution in [1.82, 2.24) is 0 Å². The van der Waals surface area contributed by atoms with Crippen LogP contribution in [-0.4, -0.2) is 5.78 Å². The van der Waals surface area contributed by atoms with E-state index in [4.69, 9.17) is 0 Å². The van der Waals surface area contributed by atoms with E-state index in [0.717, 1.165) is 0 Å². The number of hydrogen-bond acceptors (Lipinski definition) is 1. The Balaban J connectivity index is 2.71. The SMILES string of the molecule is O=C(c1ccccc1Br)c1c(F)c(F)c(F)c(F)c1F. The fourth-order valence-corrected chi connectivity index (χ4v) is 2.05. The van der Waals surface area contributed by atoms with Gasteiger partial charge in [0.05, 0.1) is 0 Å². The van der Waals surface area contributed by atoms with Gasteiger partial charge in [-0.05, 0) is 12.1 Å². The standard InChI is InChI=1S/C13H4BrF5O/c14-6-4-2-1-3-5(6)13(20)7-8(15)10(17)12(19)11(18)9(7)16/h1-4H. The molecule has 0 radical (unpaired) electrons. The molecule has 0 aliphatic rings. The molecule has 20 heavy (non-hydrogen) atoms. The van der Waals surface area contributed by atoms with Crippen molar-refractivity contribution in [1.29, 1.82) is 0 Å². The third-order valence-corrected chi connectivity index (χ3v) is 3.25. The number of ketones is 1. The topological polar surface area (TPSA) is 17.1 Å². The van der Waals surface area contributed by atoms with Gasteiger partial charge >= 0.3 is 0 Å². The number of rotatable bonds is 2. The van der Waals surface area contributed by atoms with Crippen LogP contribution in [0.25, 0.3) is 0 Å². The summed E-state index contributed by atoms with van der Waals surface area (Å²) in [5.41, 5.74) is -1.69. The van der Waals surface area contributed by atoms with E-state index in [1.807, 2.05) is 0 Å². The van der Waals surface area contributed by atoms with Gasteiger partial charge in [0.25, 0.3) is 0 Å². The Labute approximate surface area is 118 Å². The zero-order chi connectivity index (χ0) is 15.0. The van der Waals surface area contributed by atoms with E-state index in [0.29, 0.717) is 0 Å². The predicted molar refractivity (Wildman–Crippen MR) is 63.8 cm³/mol. The third-order valence-electron chi connectivity index (χ3n) is 2.56. The van der Waals surface area contributed by atoms with E-state index in [2.05, 4.69) is 15.9 Å². The van der Waals surface area contributed by atoms with Crippen LogP contribution in [0.4, 0.5) is 22.0 Å². The summed E-state index contributed by atoms with van der Waals surface area (Å²) >= 11 is 2.97. The highest BCUT2D eigenvalue weighted by atomic mass is 79.9. The molecule has 2 rings (SSSR count). The lowest BCUT2D eigenvalue weighted by atomic mass is 10.0. The smallest absolute Gasteiger partial charge is 0.200 e. The highest BCUT2D eigenvalue weighted by molar-refractivity contribution is 9.10. The second-order valence-corrected chi connectivity index (χ2v) is 4.61. The first-order chi connectivity index (χ1) is 9.36. The molecule has 1 nitrogen and oxygen atoms in total. The largest absolute Gasteiger partial charge is 0.288 e. The minimum atomic E-state index is -2.30. The number of carbonyl (C=O) groups excluding carboxylic acids is 1. The summed E-state index contributed by atoms with van der Waals surface area (Å²) in [6.45, 7) is 0. The van der Waals surface area contributed by atoms with E-state index < -0.39 is 40.4 Å². The molecule has 7 heteroatoms. The molecule has 2 aromatic carbocycles. The molecule has 0 aliphatic heterocycles. The van der Waals surface area contributed by atoms with Crippen LogP contribution >= 0.6 is 15.9 Å². The summed E-state index contributed by atoms with van der Waals surface area (Å²) in [4.78, 5) is 12.0. The molecule has 0 heterocycles. The monoisotopic (exact) mass is 350 g/mol. The average molecular weight is 351 g/mol. The summed E-state index contributed by atoms with van der Waals surface area (Å²) in [6.07, 6.45) is 0. The first-order valence-electron chi connectivity index (χ1n) is 5.17. The van der Waals surface area contributed by atoms with Crippen molar-refractivity contribution in [2.45, 2.75) is 0 Å². The highest BCUT2D eigenvalue weighted by Gasteiger charge is 2.30. The van der Waals surface area contributed by atoms with Crippen molar-refractivity contribution in [2.24, 2.45) is 0 Å². The molecule has 104 valence electrons. The first-order valence-corrected chi connectivity index (χ1v) is 5.96. The molecule has 0 spiro atoms. The van der Waals surface area contributed by atoms with Gasteiger partial charge in [0.2, 0.25) is 5.82 Å². The van der Waals surface area contributed by atoms with Gasteiger partial charge in [0.1, 0.15) is 5.56 Å². The number of hydrogen-bond donors (Lipinski definition) is 0. The lowest BCUT2D eigenvalue weighted by Crippen LogP contribution is -2.14. The maximum atomic E-state index is 13.5. The number of halogens is 6. The van der Waals surface area contributed by atoms with Gasteiger partial charge < -0.3 is 0 Å². The minimum Gasteiger partial charge on any atom is -0.288 e. The van der Waals surface area contributed by atoms with Gasteiger partial charge in [-0.15, -0.1) is 0 Å². The number of carbonyl (C=O) groups is 1. The van der Waals surface area contributed by atoms with Gasteiger partial charge in [-0.25, -0.2) is 22.0 Å². The molecule has 0 atom stereocenters. The van der Waals surface area contributed by atoms with Gasteiger partial charge in [0, 0.05) is 10.0 Å². The van der Waals surface area contributed by atoms with Crippen LogP contribution in [0.2, 0.25) is 0 Å². The summed E-state index contributed by atoms with van der Waals surface area (Å²) in [5, 5.41) is 0. The summed E-state index contributed by atoms with van der Waals surface area (Å²) in [7, 11) is 0. The van der Waals surface area contributed by atoms with Crippen molar-refractivity contribution < 1.29 is 26.7 Å². The Morgan fingerprint density at radius 2 is 1.25 bits per heavy atom. The highest BCUT2D eigenvalue weighted by Crippen LogP contribution is 2.27. The van der Waals surface area contributed by atoms with E-state index in [9.17, 15) is 26.7 Å². The van der Waals surface area contributed by atoms with Crippen molar-refractivity contribution in [2.75, 3.05) is 0 Å². The van der Waals surface area contributed by atoms with Crippen LogP contribution in [0, 0.1) is 29.1 Å². The molecule has 0 saturated heterocycles. The summed E-state index contributed by atoms with van der Waals surface area (Å²) in [5.74, 6) is -12.2. The van der Waals surface area contributed by atoms with Crippen LogP contribution in [0.5, 0.6) is 0 Å². The third kappa shape index (κ3) is 2.22. The molecule has 0 unspecified atom stereocenters. The Morgan fingerprint density at radius 1 is 0.800 bits per heavy atom. The zero-order valence-corrected chi connectivity index (χ0v) is 11.1. The normalized spacial score (nSPS) is 10.7. The molecule has 0 N–H and O–H groups in total. The molecule has 0 fully saturated rings. The molecule has 0 aromatic heterocycles. The van der Waals surface area contributed by atoms with Gasteiger partial charge in [-0.3, -0.25) is 4.79 Å². The first kappa shape index (κ1) is 14.6. The fourth-order valence-electron chi connectivity index (χ4n) is 1.58. The van der Waals surface area contributed by atoms with Gasteiger partial charge in [-0.1, -0.05) is 28.1 Å². The second-order valence-electron chi connectivity index (χ2n) is 3.75. The fraction of sp³-hybridized carbons (Fsp3) is 0. The molecule has 2 aromatic rings. The van der Waals surface area contributed by atoms with E-state index in [1.54, 1.807) is 0 Å². The van der Waals surface area contributed by atoms with Crippen molar-refractivity contribution in [3.8, 4) is 0 Å². The maximum Gasteiger partial charge on any atom is 0.200 e. The van der Waals surface area contributed by atoms with Crippen molar-refractivity contribution in [3.63, 3.8) is 0 Å². The molecule has 0 bridgehead atoms. The Morgan fingerprint density at radius 3 is 1.75 bits per heavy atom. The maximum absolute atomic E-state index is 13.5. The Hall–Kier alpha value is -1.76. The van der Waals surface area contributed by atoms with Crippen LogP contribution in [0.1, 0.15) is 15.9 Å². The van der Waals surface area contributed by atoms with Gasteiger partial charge in [-0.2, -0.15) is 0 Å². The zero-order valence-electron chi connectivity index (χ0n) is 9.49. The molecular weight excluding hydrogens is 347 g/mol. The van der Waals surface area contributed by atoms with Crippen molar-refractivity contribution in [3.05, 3.63) is 69.0 Å². The summed E-state index contributed by atoms with van der Waals surface area (Å²) < 4.78 is 66.2. The average Bonchev–Trinajstić information content (AvgIpc) is 2.43. The Kier molecular flexibility index (Phi) is 3.89. The second kappa shape index (κ2) is 5.32. The van der Waals surface area contributed by atoms with Gasteiger partial charge in [0.15, 0.2) is 29.1 Å². The summed E-state index contributed by atoms with van der Waals surface area (Å²) in [6, 6.07) is 5.52. The van der Waals surface area contributed by atoms with E-state index >= 15 is 0 Å². The lowest BCUT2D eigenvalue weighted by Gasteiger charge is -2.08. The van der Waals surface area contributed by atoms with Crippen LogP contribution in [0.15, 0.2) is 28.7 Å². The van der Waals surface area contributed by atoms with Crippen LogP contribution < -0.4 is 0 Å². The van der Waals surface area contributed by atoms with Crippen LogP contribution in [-0.2, 0) is 0 Å². The lowest BCUT2D eigenvalue weighted by molar-refractivity contribution is 0.102. The van der Waals surface area contributed by atoms with Crippen LogP contribution in [0.3, 0.4) is 0 Å².